The molecule has 4 heteroatoms. The number of para-hydroxylation sites is 1. The van der Waals surface area contributed by atoms with Crippen molar-refractivity contribution in [1.29, 1.82) is 0 Å². The zero-order chi connectivity index (χ0) is 15.1. The smallest absolute Gasteiger partial charge is 0.126 e. The molecule has 1 N–H and O–H groups in total. The Morgan fingerprint density at radius 3 is 2.90 bits per heavy atom. The number of aromatic nitrogens is 2. The third-order valence-corrected chi connectivity index (χ3v) is 3.53. The molecule has 0 radical (unpaired) electrons. The van der Waals surface area contributed by atoms with E-state index in [9.17, 15) is 0 Å². The van der Waals surface area contributed by atoms with E-state index >= 15 is 0 Å². The van der Waals surface area contributed by atoms with E-state index in [1.807, 2.05) is 24.0 Å². The highest BCUT2D eigenvalue weighted by atomic mass is 16.5. The van der Waals surface area contributed by atoms with E-state index < -0.39 is 0 Å². The van der Waals surface area contributed by atoms with Crippen LogP contribution in [0.5, 0.6) is 5.75 Å². The van der Waals surface area contributed by atoms with Crippen molar-refractivity contribution >= 4 is 0 Å². The quantitative estimate of drug-likeness (QED) is 0.759. The maximum atomic E-state index is 6.03. The normalized spacial score (nSPS) is 10.8. The minimum absolute atomic E-state index is 0.649. The number of benzene rings is 1. The van der Waals surface area contributed by atoms with Crippen molar-refractivity contribution in [3.8, 4) is 5.75 Å². The summed E-state index contributed by atoms with van der Waals surface area (Å²) >= 11 is 0. The second kappa shape index (κ2) is 7.84. The van der Waals surface area contributed by atoms with Gasteiger partial charge in [0.25, 0.3) is 0 Å². The molecule has 0 saturated heterocycles. The van der Waals surface area contributed by atoms with Gasteiger partial charge in [-0.1, -0.05) is 25.1 Å². The molecule has 4 nitrogen and oxygen atoms in total. The van der Waals surface area contributed by atoms with Gasteiger partial charge in [-0.2, -0.15) is 0 Å². The zero-order valence-electron chi connectivity index (χ0n) is 13.2. The van der Waals surface area contributed by atoms with Crippen molar-refractivity contribution in [3.05, 3.63) is 47.5 Å². The highest BCUT2D eigenvalue weighted by Gasteiger charge is 2.07. The van der Waals surface area contributed by atoms with E-state index in [1.165, 1.54) is 11.1 Å². The van der Waals surface area contributed by atoms with Crippen LogP contribution >= 0.6 is 0 Å². The molecule has 2 rings (SSSR count). The van der Waals surface area contributed by atoms with Crippen molar-refractivity contribution in [3.63, 3.8) is 0 Å². The summed E-state index contributed by atoms with van der Waals surface area (Å²) in [4.78, 5) is 4.32. The van der Waals surface area contributed by atoms with Gasteiger partial charge in [0.1, 0.15) is 11.6 Å². The Bertz CT molecular complexity index is 563. The van der Waals surface area contributed by atoms with Crippen molar-refractivity contribution in [2.24, 2.45) is 7.05 Å². The summed E-state index contributed by atoms with van der Waals surface area (Å²) in [5, 5.41) is 3.44. The first-order valence-corrected chi connectivity index (χ1v) is 7.60. The predicted molar refractivity (Wildman–Crippen MR) is 85.6 cm³/mol. The lowest BCUT2D eigenvalue weighted by Gasteiger charge is -2.14. The summed E-state index contributed by atoms with van der Waals surface area (Å²) in [5.41, 5.74) is 2.41. The number of nitrogens with one attached hydrogen (secondary N) is 1. The monoisotopic (exact) mass is 287 g/mol. The fourth-order valence-electron chi connectivity index (χ4n) is 2.34. The second-order valence-electron chi connectivity index (χ2n) is 5.29. The second-order valence-corrected chi connectivity index (χ2v) is 5.29. The third kappa shape index (κ3) is 4.33. The molecular weight excluding hydrogens is 262 g/mol. The van der Waals surface area contributed by atoms with Crippen LogP contribution in [0.2, 0.25) is 0 Å². The first-order chi connectivity index (χ1) is 10.2. The first-order valence-electron chi connectivity index (χ1n) is 7.60. The molecule has 0 atom stereocenters. The Balaban J connectivity index is 1.96. The maximum Gasteiger partial charge on any atom is 0.126 e. The molecule has 0 aliphatic rings. The summed E-state index contributed by atoms with van der Waals surface area (Å²) < 4.78 is 8.07. The molecule has 0 aliphatic heterocycles. The van der Waals surface area contributed by atoms with Crippen LogP contribution in [0, 0.1) is 6.92 Å². The van der Waals surface area contributed by atoms with Crippen LogP contribution in [0.25, 0.3) is 0 Å². The summed E-state index contributed by atoms with van der Waals surface area (Å²) in [6.45, 7) is 6.80. The van der Waals surface area contributed by atoms with Crippen LogP contribution in [0.4, 0.5) is 0 Å². The van der Waals surface area contributed by atoms with Gasteiger partial charge >= 0.3 is 0 Å². The molecule has 0 aliphatic carbocycles. The molecule has 1 aromatic heterocycles. The average molecular weight is 287 g/mol. The summed E-state index contributed by atoms with van der Waals surface area (Å²) in [5.74, 6) is 2.06. The van der Waals surface area contributed by atoms with Crippen LogP contribution in [-0.4, -0.2) is 22.7 Å². The van der Waals surface area contributed by atoms with Gasteiger partial charge < -0.3 is 14.6 Å². The Hall–Kier alpha value is -1.81. The minimum atomic E-state index is 0.649. The SMILES string of the molecule is CCCNCc1cccc(C)c1OCCc1nccn1C. The van der Waals surface area contributed by atoms with Gasteiger partial charge in [0.05, 0.1) is 6.61 Å². The summed E-state index contributed by atoms with van der Waals surface area (Å²) in [6, 6.07) is 6.31. The number of imidazole rings is 1. The average Bonchev–Trinajstić information content (AvgIpc) is 2.87. The minimum Gasteiger partial charge on any atom is -0.493 e. The van der Waals surface area contributed by atoms with E-state index in [2.05, 4.69) is 42.3 Å². The molecule has 114 valence electrons. The van der Waals surface area contributed by atoms with Crippen molar-refractivity contribution in [2.45, 2.75) is 33.2 Å². The molecule has 1 aromatic carbocycles. The molecule has 0 bridgehead atoms. The van der Waals surface area contributed by atoms with Crippen LogP contribution < -0.4 is 10.1 Å². The van der Waals surface area contributed by atoms with E-state index in [4.69, 9.17) is 4.74 Å². The number of aryl methyl sites for hydroxylation is 2. The first kappa shape index (κ1) is 15.6. The molecule has 0 unspecified atom stereocenters. The predicted octanol–water partition coefficient (Wildman–Crippen LogP) is 2.85. The fraction of sp³-hybridized carbons (Fsp3) is 0.471. The van der Waals surface area contributed by atoms with Crippen LogP contribution in [0.1, 0.15) is 30.3 Å². The lowest BCUT2D eigenvalue weighted by atomic mass is 10.1. The molecular formula is C17H25N3O. The highest BCUT2D eigenvalue weighted by Crippen LogP contribution is 2.23. The summed E-state index contributed by atoms with van der Waals surface area (Å²) in [6.07, 6.45) is 5.74. The Labute approximate surface area is 127 Å². The lowest BCUT2D eigenvalue weighted by Crippen LogP contribution is -2.15. The molecule has 0 fully saturated rings. The van der Waals surface area contributed by atoms with Crippen LogP contribution in [-0.2, 0) is 20.0 Å². The van der Waals surface area contributed by atoms with Crippen LogP contribution in [0.15, 0.2) is 30.6 Å². The van der Waals surface area contributed by atoms with E-state index in [-0.39, 0.29) is 0 Å². The van der Waals surface area contributed by atoms with Gasteiger partial charge in [0.2, 0.25) is 0 Å². The number of hydrogen-bond acceptors (Lipinski definition) is 3. The maximum absolute atomic E-state index is 6.03. The molecule has 0 saturated carbocycles. The van der Waals surface area contributed by atoms with E-state index in [0.29, 0.717) is 6.61 Å². The van der Waals surface area contributed by atoms with E-state index in [1.54, 1.807) is 0 Å². The Morgan fingerprint density at radius 1 is 1.33 bits per heavy atom. The Kier molecular flexibility index (Phi) is 5.81. The number of nitrogens with zero attached hydrogens (tertiary/aromatic N) is 2. The molecule has 0 amide bonds. The molecule has 21 heavy (non-hydrogen) atoms. The Morgan fingerprint density at radius 2 is 2.19 bits per heavy atom. The van der Waals surface area contributed by atoms with Gasteiger partial charge in [-0.25, -0.2) is 4.98 Å². The lowest BCUT2D eigenvalue weighted by molar-refractivity contribution is 0.311. The molecule has 1 heterocycles. The highest BCUT2D eigenvalue weighted by molar-refractivity contribution is 5.40. The van der Waals surface area contributed by atoms with Gasteiger partial charge in [-0.05, 0) is 25.5 Å². The fourth-order valence-corrected chi connectivity index (χ4v) is 2.34. The van der Waals surface area contributed by atoms with Gasteiger partial charge in [-0.3, -0.25) is 0 Å². The van der Waals surface area contributed by atoms with Gasteiger partial charge in [0.15, 0.2) is 0 Å². The largest absolute Gasteiger partial charge is 0.493 e. The number of ether oxygens (including phenoxy) is 1. The van der Waals surface area contributed by atoms with Crippen LogP contribution in [0.3, 0.4) is 0 Å². The zero-order valence-corrected chi connectivity index (χ0v) is 13.2. The summed E-state index contributed by atoms with van der Waals surface area (Å²) in [7, 11) is 2.01. The van der Waals surface area contributed by atoms with Crippen molar-refractivity contribution in [1.82, 2.24) is 14.9 Å². The number of rotatable bonds is 8. The van der Waals surface area contributed by atoms with Gasteiger partial charge in [-0.15, -0.1) is 0 Å². The third-order valence-electron chi connectivity index (χ3n) is 3.53. The van der Waals surface area contributed by atoms with Crippen molar-refractivity contribution < 1.29 is 4.74 Å². The topological polar surface area (TPSA) is 39.1 Å². The standard InChI is InChI=1S/C17H25N3O/c1-4-9-18-13-15-7-5-6-14(2)17(15)21-12-8-16-19-10-11-20(16)3/h5-7,10-11,18H,4,8-9,12-13H2,1-3H3. The number of hydrogen-bond donors (Lipinski definition) is 1. The van der Waals surface area contributed by atoms with E-state index in [0.717, 1.165) is 37.5 Å². The van der Waals surface area contributed by atoms with Crippen molar-refractivity contribution in [2.75, 3.05) is 13.2 Å². The molecule has 2 aromatic rings. The van der Waals surface area contributed by atoms with Gasteiger partial charge in [0, 0.05) is 38.0 Å². The molecule has 0 spiro atoms.